The number of aryl methyl sites for hydroxylation is 2. The fourth-order valence-corrected chi connectivity index (χ4v) is 3.09. The summed E-state index contributed by atoms with van der Waals surface area (Å²) in [6, 6.07) is 12.8. The average molecular weight is 382 g/mol. The van der Waals surface area contributed by atoms with E-state index in [1.807, 2.05) is 31.2 Å². The highest BCUT2D eigenvalue weighted by molar-refractivity contribution is 6.30. The Morgan fingerprint density at radius 1 is 1.26 bits per heavy atom. The Bertz CT molecular complexity index is 1070. The molecular formula is C21H20ClN3O2. The molecule has 0 radical (unpaired) electrons. The second-order valence-electron chi connectivity index (χ2n) is 6.42. The largest absolute Gasteiger partial charge is 0.329 e. The van der Waals surface area contributed by atoms with Gasteiger partial charge in [0.05, 0.1) is 10.9 Å². The van der Waals surface area contributed by atoms with E-state index in [0.717, 1.165) is 11.1 Å². The Labute approximate surface area is 162 Å². The van der Waals surface area contributed by atoms with Gasteiger partial charge in [0.15, 0.2) is 5.69 Å². The second-order valence-corrected chi connectivity index (χ2v) is 6.86. The first-order valence-electron chi connectivity index (χ1n) is 8.53. The van der Waals surface area contributed by atoms with E-state index in [4.69, 9.17) is 11.6 Å². The third kappa shape index (κ3) is 3.93. The Hall–Kier alpha value is -2.92. The third-order valence-electron chi connectivity index (χ3n) is 4.34. The summed E-state index contributed by atoms with van der Waals surface area (Å²) >= 11 is 5.92. The van der Waals surface area contributed by atoms with Crippen LogP contribution in [0.5, 0.6) is 0 Å². The van der Waals surface area contributed by atoms with Gasteiger partial charge in [-0.2, -0.15) is 5.10 Å². The maximum atomic E-state index is 13.1. The van der Waals surface area contributed by atoms with Crippen LogP contribution >= 0.6 is 11.6 Å². The van der Waals surface area contributed by atoms with Gasteiger partial charge in [-0.3, -0.25) is 14.3 Å². The third-order valence-corrected chi connectivity index (χ3v) is 4.59. The van der Waals surface area contributed by atoms with E-state index in [9.17, 15) is 9.59 Å². The molecule has 5 nitrogen and oxygen atoms in total. The highest BCUT2D eigenvalue weighted by Crippen LogP contribution is 2.15. The number of nitrogens with zero attached hydrogens (tertiary/aromatic N) is 3. The number of benzene rings is 2. The lowest BCUT2D eigenvalue weighted by atomic mass is 10.1. The van der Waals surface area contributed by atoms with Gasteiger partial charge in [0.2, 0.25) is 5.43 Å². The number of rotatable bonds is 5. The minimum Gasteiger partial charge on any atom is -0.329 e. The van der Waals surface area contributed by atoms with Crippen LogP contribution < -0.4 is 5.43 Å². The zero-order chi connectivity index (χ0) is 19.6. The van der Waals surface area contributed by atoms with Crippen LogP contribution in [-0.2, 0) is 13.6 Å². The molecular weight excluding hydrogens is 362 g/mol. The molecule has 0 aliphatic rings. The molecule has 0 saturated carbocycles. The molecule has 0 aliphatic carbocycles. The molecule has 27 heavy (non-hydrogen) atoms. The van der Waals surface area contributed by atoms with Crippen molar-refractivity contribution in [1.29, 1.82) is 0 Å². The molecule has 2 aromatic carbocycles. The molecule has 3 aromatic rings. The van der Waals surface area contributed by atoms with Gasteiger partial charge >= 0.3 is 0 Å². The van der Waals surface area contributed by atoms with Crippen molar-refractivity contribution in [2.45, 2.75) is 13.5 Å². The summed E-state index contributed by atoms with van der Waals surface area (Å²) in [5, 5.41) is 5.36. The van der Waals surface area contributed by atoms with E-state index in [1.165, 1.54) is 0 Å². The summed E-state index contributed by atoms with van der Waals surface area (Å²) < 4.78 is 1.57. The normalized spacial score (nSPS) is 10.8. The van der Waals surface area contributed by atoms with Crippen molar-refractivity contribution in [3.8, 4) is 0 Å². The van der Waals surface area contributed by atoms with Crippen molar-refractivity contribution in [3.05, 3.63) is 87.2 Å². The van der Waals surface area contributed by atoms with E-state index < -0.39 is 5.91 Å². The van der Waals surface area contributed by atoms with Gasteiger partial charge in [-0.25, -0.2) is 0 Å². The van der Waals surface area contributed by atoms with Crippen molar-refractivity contribution in [2.75, 3.05) is 6.54 Å². The van der Waals surface area contributed by atoms with Crippen LogP contribution in [0.3, 0.4) is 0 Å². The summed E-state index contributed by atoms with van der Waals surface area (Å²) in [6.45, 7) is 6.26. The van der Waals surface area contributed by atoms with E-state index in [1.54, 1.807) is 40.9 Å². The Morgan fingerprint density at radius 3 is 2.63 bits per heavy atom. The predicted molar refractivity (Wildman–Crippen MR) is 108 cm³/mol. The van der Waals surface area contributed by atoms with Gasteiger partial charge in [-0.15, -0.1) is 6.58 Å². The summed E-state index contributed by atoms with van der Waals surface area (Å²) in [7, 11) is 1.73. The van der Waals surface area contributed by atoms with Crippen LogP contribution in [0.4, 0.5) is 0 Å². The first kappa shape index (κ1) is 18.9. The van der Waals surface area contributed by atoms with E-state index >= 15 is 0 Å². The van der Waals surface area contributed by atoms with Gasteiger partial charge in [-0.1, -0.05) is 41.4 Å². The number of halogens is 1. The fraction of sp³-hybridized carbons (Fsp3) is 0.190. The maximum Gasteiger partial charge on any atom is 0.278 e. The van der Waals surface area contributed by atoms with Crippen molar-refractivity contribution in [2.24, 2.45) is 7.05 Å². The van der Waals surface area contributed by atoms with E-state index in [2.05, 4.69) is 11.7 Å². The summed E-state index contributed by atoms with van der Waals surface area (Å²) in [4.78, 5) is 27.5. The molecule has 0 saturated heterocycles. The molecule has 0 aliphatic heterocycles. The van der Waals surface area contributed by atoms with E-state index in [-0.39, 0.29) is 11.1 Å². The summed E-state index contributed by atoms with van der Waals surface area (Å²) in [6.07, 6.45) is 1.63. The number of hydrogen-bond acceptors (Lipinski definition) is 3. The van der Waals surface area contributed by atoms with Crippen LogP contribution in [0.1, 0.15) is 21.6 Å². The first-order chi connectivity index (χ1) is 12.9. The molecule has 0 atom stereocenters. The Balaban J connectivity index is 2.03. The number of fused-ring (bicyclic) bond motifs is 1. The van der Waals surface area contributed by atoms with Crippen LogP contribution in [0.15, 0.2) is 59.9 Å². The zero-order valence-corrected chi connectivity index (χ0v) is 16.0. The average Bonchev–Trinajstić information content (AvgIpc) is 2.65. The molecule has 1 amide bonds. The highest BCUT2D eigenvalue weighted by atomic mass is 35.5. The molecule has 0 fully saturated rings. The molecule has 138 valence electrons. The lowest BCUT2D eigenvalue weighted by molar-refractivity contribution is 0.0753. The molecule has 0 spiro atoms. The van der Waals surface area contributed by atoms with E-state index in [0.29, 0.717) is 29.0 Å². The fourth-order valence-electron chi connectivity index (χ4n) is 2.97. The SMILES string of the molecule is C=CCN(Cc1ccc(Cl)cc1)C(=O)c1nn(C)c2ccc(C)cc2c1=O. The molecule has 0 unspecified atom stereocenters. The van der Waals surface area contributed by atoms with Gasteiger partial charge in [0, 0.05) is 25.2 Å². The number of carbonyl (C=O) groups is 1. The monoisotopic (exact) mass is 381 g/mol. The number of amides is 1. The Morgan fingerprint density at radius 2 is 1.96 bits per heavy atom. The lowest BCUT2D eigenvalue weighted by Gasteiger charge is -2.21. The lowest BCUT2D eigenvalue weighted by Crippen LogP contribution is -2.36. The van der Waals surface area contributed by atoms with Gasteiger partial charge in [0.1, 0.15) is 0 Å². The van der Waals surface area contributed by atoms with Crippen LogP contribution in [0.25, 0.3) is 10.9 Å². The number of aromatic nitrogens is 2. The number of carbonyl (C=O) groups excluding carboxylic acids is 1. The zero-order valence-electron chi connectivity index (χ0n) is 15.3. The molecule has 1 aromatic heterocycles. The summed E-state index contributed by atoms with van der Waals surface area (Å²) in [5.41, 5.74) is 2.10. The van der Waals surface area contributed by atoms with Crippen molar-refractivity contribution in [3.63, 3.8) is 0 Å². The van der Waals surface area contributed by atoms with Gasteiger partial charge in [-0.05, 0) is 36.8 Å². The standard InChI is InChI=1S/C21H20ClN3O2/c1-4-11-25(13-15-6-8-16(22)9-7-15)21(27)19-20(26)17-12-14(2)5-10-18(17)24(3)23-19/h4-10,12H,1,11,13H2,2-3H3. The van der Waals surface area contributed by atoms with Crippen LogP contribution in [-0.4, -0.2) is 27.1 Å². The predicted octanol–water partition coefficient (Wildman–Crippen LogP) is 3.72. The molecule has 0 bridgehead atoms. The molecule has 3 rings (SSSR count). The second kappa shape index (κ2) is 7.76. The minimum absolute atomic E-state index is 0.0913. The molecule has 0 N–H and O–H groups in total. The minimum atomic E-state index is -0.422. The quantitative estimate of drug-likeness (QED) is 0.633. The van der Waals surface area contributed by atoms with Gasteiger partial charge < -0.3 is 4.90 Å². The van der Waals surface area contributed by atoms with Crippen molar-refractivity contribution in [1.82, 2.24) is 14.7 Å². The highest BCUT2D eigenvalue weighted by Gasteiger charge is 2.22. The van der Waals surface area contributed by atoms with Crippen molar-refractivity contribution >= 4 is 28.4 Å². The first-order valence-corrected chi connectivity index (χ1v) is 8.91. The Kier molecular flexibility index (Phi) is 5.42. The van der Waals surface area contributed by atoms with Crippen molar-refractivity contribution < 1.29 is 4.79 Å². The van der Waals surface area contributed by atoms with Crippen LogP contribution in [0, 0.1) is 6.92 Å². The number of hydrogen-bond donors (Lipinski definition) is 0. The van der Waals surface area contributed by atoms with Gasteiger partial charge in [0.25, 0.3) is 5.91 Å². The molecule has 6 heteroatoms. The maximum absolute atomic E-state index is 13.1. The molecule has 1 heterocycles. The summed E-state index contributed by atoms with van der Waals surface area (Å²) in [5.74, 6) is -0.422. The van der Waals surface area contributed by atoms with Crippen LogP contribution in [0.2, 0.25) is 5.02 Å². The smallest absolute Gasteiger partial charge is 0.278 e. The topological polar surface area (TPSA) is 55.2 Å².